The number of hydrogen-bond acceptors (Lipinski definition) is 8. The predicted molar refractivity (Wildman–Crippen MR) is 203 cm³/mol. The molecular formula is C40H58F6N4O6. The van der Waals surface area contributed by atoms with Gasteiger partial charge in [0, 0.05) is 24.5 Å². The molecule has 0 spiro atoms. The third kappa shape index (κ3) is 17.0. The zero-order valence-electron chi connectivity index (χ0n) is 34.6. The number of pyridine rings is 2. The van der Waals surface area contributed by atoms with E-state index in [0.717, 1.165) is 15.3 Å². The molecule has 2 unspecified atom stereocenters. The van der Waals surface area contributed by atoms with Crippen LogP contribution in [0.25, 0.3) is 0 Å². The molecule has 2 atom stereocenters. The molecule has 56 heavy (non-hydrogen) atoms. The van der Waals surface area contributed by atoms with Gasteiger partial charge in [-0.15, -0.1) is 0 Å². The topological polar surface area (TPSA) is 103 Å². The minimum Gasteiger partial charge on any atom is -0.464 e. The molecule has 0 aliphatic rings. The largest absolute Gasteiger partial charge is 0.464 e. The third-order valence-electron chi connectivity index (χ3n) is 7.92. The number of alkyl halides is 6. The number of aromatic nitrogens is 2. The zero-order chi connectivity index (χ0) is 43.4. The second kappa shape index (κ2) is 20.9. The van der Waals surface area contributed by atoms with E-state index in [1.807, 2.05) is 60.5 Å². The lowest BCUT2D eigenvalue weighted by molar-refractivity contribution is -0.149. The van der Waals surface area contributed by atoms with Crippen molar-refractivity contribution in [3.05, 3.63) is 67.5 Å². The third-order valence-corrected chi connectivity index (χ3v) is 7.92. The lowest BCUT2D eigenvalue weighted by atomic mass is 9.87. The van der Waals surface area contributed by atoms with Gasteiger partial charge >= 0.3 is 24.3 Å². The van der Waals surface area contributed by atoms with Gasteiger partial charge in [-0.25, -0.2) is 9.59 Å². The van der Waals surface area contributed by atoms with Crippen LogP contribution in [0.2, 0.25) is 0 Å². The van der Waals surface area contributed by atoms with E-state index in [1.54, 1.807) is 32.8 Å². The van der Waals surface area contributed by atoms with Crippen molar-refractivity contribution < 1.29 is 45.4 Å². The van der Waals surface area contributed by atoms with Crippen molar-refractivity contribution in [2.75, 3.05) is 54.5 Å². The first-order chi connectivity index (χ1) is 25.5. The molecule has 0 fully saturated rings. The van der Waals surface area contributed by atoms with Gasteiger partial charge in [-0.2, -0.15) is 26.3 Å². The number of aryl methyl sites for hydroxylation is 1. The summed E-state index contributed by atoms with van der Waals surface area (Å²) in [4.78, 5) is 53.4. The maximum atomic E-state index is 13.4. The molecule has 2 aromatic heterocycles. The van der Waals surface area contributed by atoms with Crippen LogP contribution in [-0.2, 0) is 37.8 Å². The van der Waals surface area contributed by atoms with Crippen LogP contribution in [0.3, 0.4) is 0 Å². The van der Waals surface area contributed by atoms with Gasteiger partial charge in [-0.05, 0) is 90.7 Å². The molecular weight excluding hydrogens is 746 g/mol. The van der Waals surface area contributed by atoms with Gasteiger partial charge in [0.15, 0.2) is 0 Å². The lowest BCUT2D eigenvalue weighted by Crippen LogP contribution is -2.34. The Morgan fingerprint density at radius 2 is 1.14 bits per heavy atom. The summed E-state index contributed by atoms with van der Waals surface area (Å²) in [6.07, 6.45) is -6.01. The molecule has 0 aliphatic heterocycles. The van der Waals surface area contributed by atoms with E-state index < -0.39 is 58.6 Å². The van der Waals surface area contributed by atoms with Crippen molar-refractivity contribution in [2.45, 2.75) is 106 Å². The van der Waals surface area contributed by atoms with E-state index in [-0.39, 0.29) is 61.0 Å². The first kappa shape index (κ1) is 49.9. The highest BCUT2D eigenvalue weighted by Crippen LogP contribution is 2.35. The smallest absolute Gasteiger partial charge is 0.417 e. The van der Waals surface area contributed by atoms with Crippen molar-refractivity contribution in [3.63, 3.8) is 0 Å². The quantitative estimate of drug-likeness (QED) is 0.119. The number of esters is 2. The van der Waals surface area contributed by atoms with Crippen LogP contribution in [0.5, 0.6) is 0 Å². The number of halogens is 6. The average molecular weight is 805 g/mol. The van der Waals surface area contributed by atoms with Crippen molar-refractivity contribution in [3.8, 4) is 11.8 Å². The second-order valence-corrected chi connectivity index (χ2v) is 16.3. The molecule has 2 aromatic rings. The van der Waals surface area contributed by atoms with Gasteiger partial charge < -0.3 is 18.9 Å². The lowest BCUT2D eigenvalue weighted by Gasteiger charge is -2.27. The summed E-state index contributed by atoms with van der Waals surface area (Å²) in [5.41, 5.74) is -4.86. The number of ether oxygens (including phenoxy) is 2. The molecule has 316 valence electrons. The monoisotopic (exact) mass is 804 g/mol. The number of rotatable bonds is 13. The SMILES string of the molecule is CCOC(=O)C(CC(C)(C)C)n1cc(C#CCN(C)C)c(C(F)(F)F)cc1=O.CCOC(=O)C(CC(C)(C)C)n1cc(CCCN(C)C)c(C(F)(F)F)cc1=O. The van der Waals surface area contributed by atoms with Crippen LogP contribution in [-0.4, -0.2) is 85.4 Å². The van der Waals surface area contributed by atoms with E-state index in [1.165, 1.54) is 6.20 Å². The van der Waals surface area contributed by atoms with Crippen LogP contribution >= 0.6 is 0 Å². The fourth-order valence-electron chi connectivity index (χ4n) is 5.53. The van der Waals surface area contributed by atoms with Crippen LogP contribution < -0.4 is 11.1 Å². The van der Waals surface area contributed by atoms with Gasteiger partial charge in [-0.3, -0.25) is 19.1 Å². The Morgan fingerprint density at radius 1 is 0.714 bits per heavy atom. The van der Waals surface area contributed by atoms with Gasteiger partial charge in [0.1, 0.15) is 12.1 Å². The molecule has 2 heterocycles. The molecule has 0 saturated heterocycles. The highest BCUT2D eigenvalue weighted by atomic mass is 19.4. The summed E-state index contributed by atoms with van der Waals surface area (Å²) < 4.78 is 92.7. The number of carbonyl (C=O) groups excluding carboxylic acids is 2. The predicted octanol–water partition coefficient (Wildman–Crippen LogP) is 7.22. The fourth-order valence-corrected chi connectivity index (χ4v) is 5.53. The van der Waals surface area contributed by atoms with E-state index in [2.05, 4.69) is 11.8 Å². The number of hydrogen-bond donors (Lipinski definition) is 0. The minimum atomic E-state index is -4.73. The Hall–Kier alpha value is -4.10. The summed E-state index contributed by atoms with van der Waals surface area (Å²) in [6.45, 7) is 15.7. The first-order valence-electron chi connectivity index (χ1n) is 18.3. The van der Waals surface area contributed by atoms with E-state index in [4.69, 9.17) is 9.47 Å². The number of nitrogens with zero attached hydrogens (tertiary/aromatic N) is 4. The average Bonchev–Trinajstić information content (AvgIpc) is 3.02. The Bertz CT molecular complexity index is 1790. The van der Waals surface area contributed by atoms with E-state index in [0.29, 0.717) is 25.1 Å². The minimum absolute atomic E-state index is 0.0113. The van der Waals surface area contributed by atoms with Crippen molar-refractivity contribution >= 4 is 11.9 Å². The fraction of sp³-hybridized carbons (Fsp3) is 0.650. The maximum absolute atomic E-state index is 13.4. The van der Waals surface area contributed by atoms with Crippen LogP contribution in [0.4, 0.5) is 26.3 Å². The molecule has 0 amide bonds. The molecule has 0 aromatic carbocycles. The van der Waals surface area contributed by atoms with Crippen LogP contribution in [0.1, 0.15) is 109 Å². The molecule has 10 nitrogen and oxygen atoms in total. The Kier molecular flexibility index (Phi) is 18.6. The highest BCUT2D eigenvalue weighted by Gasteiger charge is 2.37. The Balaban J connectivity index is 0.000000560. The van der Waals surface area contributed by atoms with Gasteiger partial charge in [0.2, 0.25) is 0 Å². The Morgan fingerprint density at radius 3 is 1.52 bits per heavy atom. The second-order valence-electron chi connectivity index (χ2n) is 16.3. The van der Waals surface area contributed by atoms with E-state index >= 15 is 0 Å². The summed E-state index contributed by atoms with van der Waals surface area (Å²) in [5, 5.41) is 0. The van der Waals surface area contributed by atoms with Crippen molar-refractivity contribution in [1.82, 2.24) is 18.9 Å². The molecule has 16 heteroatoms. The number of carbonyl (C=O) groups is 2. The molecule has 0 bridgehead atoms. The van der Waals surface area contributed by atoms with Crippen LogP contribution in [0.15, 0.2) is 34.1 Å². The van der Waals surface area contributed by atoms with Gasteiger partial charge in [0.25, 0.3) is 11.1 Å². The molecule has 0 saturated carbocycles. The van der Waals surface area contributed by atoms with Gasteiger partial charge in [-0.1, -0.05) is 53.4 Å². The summed E-state index contributed by atoms with van der Waals surface area (Å²) in [7, 11) is 7.15. The highest BCUT2D eigenvalue weighted by molar-refractivity contribution is 5.75. The van der Waals surface area contributed by atoms with Crippen molar-refractivity contribution in [1.29, 1.82) is 0 Å². The molecule has 2 rings (SSSR count). The van der Waals surface area contributed by atoms with E-state index in [9.17, 15) is 45.5 Å². The summed E-state index contributed by atoms with van der Waals surface area (Å²) >= 11 is 0. The molecule has 0 aliphatic carbocycles. The normalized spacial score (nSPS) is 13.4. The molecule has 0 radical (unpaired) electrons. The summed E-state index contributed by atoms with van der Waals surface area (Å²) in [5.74, 6) is 3.86. The van der Waals surface area contributed by atoms with Crippen LogP contribution in [0, 0.1) is 22.7 Å². The zero-order valence-corrected chi connectivity index (χ0v) is 34.6. The maximum Gasteiger partial charge on any atom is 0.417 e. The molecule has 0 N–H and O–H groups in total. The standard InChI is InChI=1S/C20H31F3N2O3.C20H27F3N2O3/c2*1-7-28-18(27)16(12-19(2,3)4)25-13-14(9-8-10-24(5)6)15(11-17(25)26)20(21,22)23/h11,13,16H,7-10,12H2,1-6H3;11,13,16H,7,10,12H2,1-6H3. The van der Waals surface area contributed by atoms with Crippen molar-refractivity contribution in [2.24, 2.45) is 10.8 Å². The summed E-state index contributed by atoms with van der Waals surface area (Å²) in [6, 6.07) is -0.916. The first-order valence-corrected chi connectivity index (χ1v) is 18.3. The van der Waals surface area contributed by atoms with Gasteiger partial charge in [0.05, 0.1) is 36.4 Å². The Labute approximate surface area is 326 Å².